The Balaban J connectivity index is 2.46. The molecule has 24 heavy (non-hydrogen) atoms. The van der Waals surface area contributed by atoms with Crippen LogP contribution in [0.15, 0.2) is 28.8 Å². The van der Waals surface area contributed by atoms with Crippen LogP contribution in [0.4, 0.5) is 14.5 Å². The Morgan fingerprint density at radius 1 is 1.12 bits per heavy atom. The minimum atomic E-state index is -1.01. The lowest BCUT2D eigenvalue weighted by Gasteiger charge is -2.42. The molecule has 0 aromatic heterocycles. The van der Waals surface area contributed by atoms with Gasteiger partial charge in [-0.3, -0.25) is 0 Å². The lowest BCUT2D eigenvalue weighted by molar-refractivity contribution is -0.146. The van der Waals surface area contributed by atoms with E-state index >= 15 is 0 Å². The number of halogens is 2. The zero-order valence-electron chi connectivity index (χ0n) is 13.5. The molecular weight excluding hydrogens is 340 g/mol. The van der Waals surface area contributed by atoms with E-state index in [1.54, 1.807) is 18.7 Å². The number of carbonyl (C=O) groups excluding carboxylic acids is 2. The van der Waals surface area contributed by atoms with Gasteiger partial charge in [0.25, 0.3) is 0 Å². The van der Waals surface area contributed by atoms with E-state index in [0.717, 1.165) is 12.1 Å². The number of rotatable bonds is 5. The second-order valence-corrected chi connectivity index (χ2v) is 6.11. The van der Waals surface area contributed by atoms with Crippen molar-refractivity contribution >= 4 is 29.4 Å². The van der Waals surface area contributed by atoms with E-state index in [4.69, 9.17) is 9.47 Å². The van der Waals surface area contributed by atoms with Crippen molar-refractivity contribution in [1.29, 1.82) is 0 Å². The summed E-state index contributed by atoms with van der Waals surface area (Å²) in [7, 11) is 0. The van der Waals surface area contributed by atoms with Crippen LogP contribution < -0.4 is 4.90 Å². The van der Waals surface area contributed by atoms with E-state index in [1.165, 1.54) is 17.8 Å². The molecule has 130 valence electrons. The molecule has 0 amide bonds. The number of benzene rings is 1. The van der Waals surface area contributed by atoms with E-state index in [9.17, 15) is 18.4 Å². The van der Waals surface area contributed by atoms with Crippen LogP contribution in [0.1, 0.15) is 20.8 Å². The summed E-state index contributed by atoms with van der Waals surface area (Å²) in [6.45, 7) is 5.24. The van der Waals surface area contributed by atoms with Crippen LogP contribution in [0, 0.1) is 11.6 Å². The largest absolute Gasteiger partial charge is 0.462 e. The van der Waals surface area contributed by atoms with Gasteiger partial charge >= 0.3 is 11.9 Å². The monoisotopic (exact) mass is 357 g/mol. The molecule has 1 fully saturated rings. The summed E-state index contributed by atoms with van der Waals surface area (Å²) in [6.07, 6.45) is 0. The zero-order chi connectivity index (χ0) is 17.9. The quantitative estimate of drug-likeness (QED) is 0.349. The molecule has 0 bridgehead atoms. The van der Waals surface area contributed by atoms with Crippen LogP contribution in [-0.4, -0.2) is 30.5 Å². The average Bonchev–Trinajstić information content (AvgIpc) is 2.51. The zero-order valence-corrected chi connectivity index (χ0v) is 14.3. The molecule has 0 N–H and O–H groups in total. The summed E-state index contributed by atoms with van der Waals surface area (Å²) in [5, 5.41) is 0.133. The Bertz CT molecular complexity index is 673. The van der Waals surface area contributed by atoms with Gasteiger partial charge in [-0.05, 0) is 32.9 Å². The Morgan fingerprint density at radius 2 is 1.71 bits per heavy atom. The molecule has 2 rings (SSSR count). The number of hydrogen-bond donors (Lipinski definition) is 0. The Hall–Kier alpha value is -2.09. The van der Waals surface area contributed by atoms with Crippen LogP contribution in [0.25, 0.3) is 0 Å². The predicted octanol–water partition coefficient (Wildman–Crippen LogP) is 3.20. The number of ether oxygens (including phenoxy) is 2. The molecule has 0 saturated carbocycles. The highest BCUT2D eigenvalue weighted by atomic mass is 32.2. The standard InChI is InChI=1S/C16H17F2NO4S/c1-4-22-15(20)13(16(21)23-5-2)14-19(9(3)24-14)10-6-7-11(17)12(18)8-10/h6-9H,4-5H2,1-3H3. The molecule has 1 heterocycles. The molecule has 8 heteroatoms. The lowest BCUT2D eigenvalue weighted by Crippen LogP contribution is -2.42. The van der Waals surface area contributed by atoms with Gasteiger partial charge in [-0.1, -0.05) is 11.8 Å². The first-order chi connectivity index (χ1) is 11.4. The SMILES string of the molecule is CCOC(=O)C(C(=O)OCC)=C1SC(C)N1c1ccc(F)c(F)c1. The van der Waals surface area contributed by atoms with E-state index in [-0.39, 0.29) is 24.2 Å². The molecular formula is C16H17F2NO4S. The van der Waals surface area contributed by atoms with Gasteiger partial charge in [0.1, 0.15) is 5.03 Å². The number of anilines is 1. The molecule has 1 aromatic rings. The Kier molecular flexibility index (Phi) is 5.82. The normalized spacial score (nSPS) is 16.5. The van der Waals surface area contributed by atoms with Gasteiger partial charge in [-0.25, -0.2) is 18.4 Å². The summed E-state index contributed by atoms with van der Waals surface area (Å²) in [6, 6.07) is 3.38. The number of thioether (sulfide) groups is 1. The minimum absolute atomic E-state index is 0.0976. The van der Waals surface area contributed by atoms with Crippen molar-refractivity contribution in [3.63, 3.8) is 0 Å². The van der Waals surface area contributed by atoms with E-state index in [2.05, 4.69) is 0 Å². The highest BCUT2D eigenvalue weighted by molar-refractivity contribution is 8.05. The van der Waals surface area contributed by atoms with Crippen LogP contribution in [0.2, 0.25) is 0 Å². The average molecular weight is 357 g/mol. The van der Waals surface area contributed by atoms with Crippen LogP contribution in [0.3, 0.4) is 0 Å². The summed E-state index contributed by atoms with van der Waals surface area (Å²) >= 11 is 1.25. The van der Waals surface area contributed by atoms with E-state index in [0.29, 0.717) is 10.7 Å². The summed E-state index contributed by atoms with van der Waals surface area (Å²) in [5.74, 6) is -3.60. The fourth-order valence-corrected chi connectivity index (χ4v) is 3.35. The van der Waals surface area contributed by atoms with Crippen molar-refractivity contribution in [2.45, 2.75) is 26.1 Å². The van der Waals surface area contributed by atoms with Crippen molar-refractivity contribution in [2.24, 2.45) is 0 Å². The highest BCUT2D eigenvalue weighted by Gasteiger charge is 2.40. The van der Waals surface area contributed by atoms with Gasteiger partial charge in [0.05, 0.1) is 18.6 Å². The first-order valence-electron chi connectivity index (χ1n) is 7.40. The van der Waals surface area contributed by atoms with Crippen molar-refractivity contribution in [1.82, 2.24) is 0 Å². The maximum atomic E-state index is 13.5. The van der Waals surface area contributed by atoms with Gasteiger partial charge in [0.15, 0.2) is 17.2 Å². The van der Waals surface area contributed by atoms with E-state index < -0.39 is 23.6 Å². The van der Waals surface area contributed by atoms with Crippen molar-refractivity contribution in [2.75, 3.05) is 18.1 Å². The lowest BCUT2D eigenvalue weighted by atomic mass is 10.2. The van der Waals surface area contributed by atoms with E-state index in [1.807, 2.05) is 6.92 Å². The number of esters is 2. The first-order valence-corrected chi connectivity index (χ1v) is 8.28. The van der Waals surface area contributed by atoms with Crippen LogP contribution in [0.5, 0.6) is 0 Å². The van der Waals surface area contributed by atoms with Crippen molar-refractivity contribution in [3.8, 4) is 0 Å². The van der Waals surface area contributed by atoms with Gasteiger partial charge in [0, 0.05) is 11.8 Å². The maximum Gasteiger partial charge on any atom is 0.348 e. The number of hydrogen-bond acceptors (Lipinski definition) is 6. The molecule has 0 radical (unpaired) electrons. The molecule has 1 saturated heterocycles. The molecule has 1 aromatic carbocycles. The summed E-state index contributed by atoms with van der Waals surface area (Å²) < 4.78 is 36.5. The topological polar surface area (TPSA) is 55.8 Å². The van der Waals surface area contributed by atoms with Crippen LogP contribution >= 0.6 is 11.8 Å². The van der Waals surface area contributed by atoms with Gasteiger partial charge in [-0.2, -0.15) is 0 Å². The van der Waals surface area contributed by atoms with Crippen molar-refractivity contribution in [3.05, 3.63) is 40.4 Å². The third kappa shape index (κ3) is 3.53. The minimum Gasteiger partial charge on any atom is -0.462 e. The second kappa shape index (κ2) is 7.65. The first kappa shape index (κ1) is 18.3. The molecule has 1 aliphatic rings. The second-order valence-electron chi connectivity index (χ2n) is 4.81. The van der Waals surface area contributed by atoms with Crippen molar-refractivity contribution < 1.29 is 27.8 Å². The maximum absolute atomic E-state index is 13.5. The predicted molar refractivity (Wildman–Crippen MR) is 86.2 cm³/mol. The molecule has 1 atom stereocenters. The number of nitrogens with zero attached hydrogens (tertiary/aromatic N) is 1. The molecule has 1 aliphatic heterocycles. The van der Waals surface area contributed by atoms with Gasteiger partial charge in [0.2, 0.25) is 0 Å². The summed E-state index contributed by atoms with van der Waals surface area (Å²) in [4.78, 5) is 25.9. The summed E-state index contributed by atoms with van der Waals surface area (Å²) in [5.41, 5.74) is 0.0905. The van der Waals surface area contributed by atoms with Gasteiger partial charge < -0.3 is 14.4 Å². The molecule has 0 spiro atoms. The Labute approximate surface area is 142 Å². The fourth-order valence-electron chi connectivity index (χ4n) is 2.19. The third-order valence-electron chi connectivity index (χ3n) is 3.22. The molecule has 5 nitrogen and oxygen atoms in total. The third-order valence-corrected chi connectivity index (χ3v) is 4.39. The number of carbonyl (C=O) groups is 2. The fraction of sp³-hybridized carbons (Fsp3) is 0.375. The highest BCUT2D eigenvalue weighted by Crippen LogP contribution is 2.46. The van der Waals surface area contributed by atoms with Gasteiger partial charge in [-0.15, -0.1) is 0 Å². The molecule has 0 aliphatic carbocycles. The van der Waals surface area contributed by atoms with Crippen LogP contribution in [-0.2, 0) is 19.1 Å². The molecule has 1 unspecified atom stereocenters. The Morgan fingerprint density at radius 3 is 2.17 bits per heavy atom. The smallest absolute Gasteiger partial charge is 0.348 e.